The van der Waals surface area contributed by atoms with Crippen LogP contribution in [0.5, 0.6) is 0 Å². The van der Waals surface area contributed by atoms with Gasteiger partial charge >= 0.3 is 0 Å². The molecule has 1 spiro atoms. The molecule has 2 saturated heterocycles. The van der Waals surface area contributed by atoms with Gasteiger partial charge in [-0.2, -0.15) is 0 Å². The summed E-state index contributed by atoms with van der Waals surface area (Å²) in [5, 5.41) is 2.79. The van der Waals surface area contributed by atoms with Crippen LogP contribution in [0, 0.1) is 0 Å². The second-order valence-electron chi connectivity index (χ2n) is 8.28. The van der Waals surface area contributed by atoms with E-state index in [0.717, 1.165) is 25.9 Å². The minimum absolute atomic E-state index is 0.0135. The summed E-state index contributed by atoms with van der Waals surface area (Å²) in [4.78, 5) is 56.7. The number of benzene rings is 1. The molecular formula is C22H23N3O4S. The zero-order valence-electron chi connectivity index (χ0n) is 16.6. The fraction of sp³-hybridized carbons (Fsp3) is 0.455. The normalized spacial score (nSPS) is 26.9. The molecule has 2 fully saturated rings. The molecule has 0 bridgehead atoms. The van der Waals surface area contributed by atoms with Crippen molar-refractivity contribution in [2.24, 2.45) is 0 Å². The van der Waals surface area contributed by atoms with Crippen LogP contribution < -0.4 is 5.32 Å². The number of rotatable bonds is 3. The zero-order chi connectivity index (χ0) is 20.9. The van der Waals surface area contributed by atoms with Crippen molar-refractivity contribution < 1.29 is 19.2 Å². The molecule has 8 heteroatoms. The molecule has 0 radical (unpaired) electrons. The summed E-state index contributed by atoms with van der Waals surface area (Å²) in [7, 11) is 0. The minimum atomic E-state index is -1.45. The highest BCUT2D eigenvalue weighted by molar-refractivity contribution is 8.04. The number of allylic oxidation sites excluding steroid dienone is 1. The van der Waals surface area contributed by atoms with Crippen LogP contribution in [-0.4, -0.2) is 77.2 Å². The maximum atomic E-state index is 13.6. The van der Waals surface area contributed by atoms with Gasteiger partial charge in [0.05, 0.1) is 17.0 Å². The van der Waals surface area contributed by atoms with Crippen LogP contribution in [0.15, 0.2) is 34.7 Å². The average Bonchev–Trinajstić information content (AvgIpc) is 3.14. The summed E-state index contributed by atoms with van der Waals surface area (Å²) >= 11 is 1.20. The van der Waals surface area contributed by atoms with Crippen LogP contribution in [-0.2, 0) is 9.59 Å². The fourth-order valence-electron chi connectivity index (χ4n) is 4.87. The van der Waals surface area contributed by atoms with Crippen LogP contribution in [0.4, 0.5) is 0 Å². The van der Waals surface area contributed by atoms with Crippen molar-refractivity contribution >= 4 is 35.1 Å². The Balaban J connectivity index is 1.46. The van der Waals surface area contributed by atoms with Crippen molar-refractivity contribution in [2.75, 3.05) is 38.5 Å². The van der Waals surface area contributed by atoms with Crippen molar-refractivity contribution in [3.8, 4) is 0 Å². The Morgan fingerprint density at radius 3 is 2.37 bits per heavy atom. The van der Waals surface area contributed by atoms with Gasteiger partial charge in [-0.05, 0) is 25.9 Å². The first kappa shape index (κ1) is 19.5. The number of nitrogens with zero attached hydrogens (tertiary/aromatic N) is 2. The zero-order valence-corrected chi connectivity index (χ0v) is 17.4. The standard InChI is InChI=1S/C22H23N3O4S/c26-16-12-25(11-10-24-8-4-1-5-9-24)21(29)22(23-16)13-30-20-17(22)18(27)14-6-2-3-7-15(14)19(20)28/h2-3,6-7H,1,4-5,8-13H2,(H,23,26). The molecule has 1 atom stereocenters. The van der Waals surface area contributed by atoms with Gasteiger partial charge in [-0.25, -0.2) is 0 Å². The number of thioether (sulfide) groups is 1. The summed E-state index contributed by atoms with van der Waals surface area (Å²) in [6.07, 6.45) is 3.54. The molecule has 4 aliphatic rings. The largest absolute Gasteiger partial charge is 0.336 e. The van der Waals surface area contributed by atoms with E-state index in [2.05, 4.69) is 10.2 Å². The Labute approximate surface area is 178 Å². The predicted molar refractivity (Wildman–Crippen MR) is 112 cm³/mol. The number of fused-ring (bicyclic) bond motifs is 2. The Bertz CT molecular complexity index is 998. The Morgan fingerprint density at radius 1 is 0.933 bits per heavy atom. The van der Waals surface area contributed by atoms with E-state index in [0.29, 0.717) is 29.1 Å². The van der Waals surface area contributed by atoms with Gasteiger partial charge in [-0.1, -0.05) is 30.7 Å². The molecule has 30 heavy (non-hydrogen) atoms. The SMILES string of the molecule is O=C1CN(CCN2CCCCC2)C(=O)C2(CSC3=C2C(=O)c2ccccc2C3=O)N1. The van der Waals surface area contributed by atoms with Crippen LogP contribution in [0.1, 0.15) is 40.0 Å². The van der Waals surface area contributed by atoms with E-state index in [1.54, 1.807) is 29.2 Å². The van der Waals surface area contributed by atoms with E-state index in [4.69, 9.17) is 0 Å². The van der Waals surface area contributed by atoms with Gasteiger partial charge in [0.2, 0.25) is 11.7 Å². The highest BCUT2D eigenvalue weighted by Crippen LogP contribution is 2.46. The number of carbonyl (C=O) groups is 4. The first-order valence-electron chi connectivity index (χ1n) is 10.4. The van der Waals surface area contributed by atoms with Gasteiger partial charge in [-0.15, -0.1) is 11.8 Å². The lowest BCUT2D eigenvalue weighted by atomic mass is 9.78. The van der Waals surface area contributed by atoms with Crippen molar-refractivity contribution in [3.63, 3.8) is 0 Å². The van der Waals surface area contributed by atoms with Crippen molar-refractivity contribution in [1.29, 1.82) is 0 Å². The average molecular weight is 426 g/mol. The van der Waals surface area contributed by atoms with Gasteiger partial charge in [0, 0.05) is 30.0 Å². The lowest BCUT2D eigenvalue weighted by Crippen LogP contribution is -2.69. The van der Waals surface area contributed by atoms with Crippen molar-refractivity contribution in [3.05, 3.63) is 45.9 Å². The maximum absolute atomic E-state index is 13.6. The van der Waals surface area contributed by atoms with Crippen LogP contribution in [0.2, 0.25) is 0 Å². The summed E-state index contributed by atoms with van der Waals surface area (Å²) in [6, 6.07) is 6.67. The summed E-state index contributed by atoms with van der Waals surface area (Å²) in [5.74, 6) is -0.973. The number of Topliss-reactive ketones (excluding diaryl/α,β-unsaturated/α-hetero) is 2. The van der Waals surface area contributed by atoms with Crippen molar-refractivity contribution in [2.45, 2.75) is 24.8 Å². The summed E-state index contributed by atoms with van der Waals surface area (Å²) in [6.45, 7) is 3.16. The number of nitrogens with one attached hydrogen (secondary N) is 1. The number of likely N-dealkylation sites (tertiary alicyclic amines) is 1. The highest BCUT2D eigenvalue weighted by Gasteiger charge is 2.58. The second kappa shape index (κ2) is 7.35. The number of piperazine rings is 1. The van der Waals surface area contributed by atoms with Crippen molar-refractivity contribution in [1.82, 2.24) is 15.1 Å². The molecule has 3 heterocycles. The molecule has 156 valence electrons. The maximum Gasteiger partial charge on any atom is 0.254 e. The number of hydrogen-bond acceptors (Lipinski definition) is 6. The van der Waals surface area contributed by atoms with E-state index < -0.39 is 5.54 Å². The molecule has 1 aliphatic carbocycles. The second-order valence-corrected chi connectivity index (χ2v) is 9.26. The Kier molecular flexibility index (Phi) is 4.78. The summed E-state index contributed by atoms with van der Waals surface area (Å²) < 4.78 is 0. The molecule has 0 saturated carbocycles. The molecule has 2 amide bonds. The van der Waals surface area contributed by atoms with E-state index in [1.807, 2.05) is 0 Å². The van der Waals surface area contributed by atoms with E-state index in [9.17, 15) is 19.2 Å². The van der Waals surface area contributed by atoms with Gasteiger partial charge in [-0.3, -0.25) is 19.2 Å². The Morgan fingerprint density at radius 2 is 1.63 bits per heavy atom. The number of amides is 2. The molecule has 7 nitrogen and oxygen atoms in total. The first-order valence-corrected chi connectivity index (χ1v) is 11.4. The summed E-state index contributed by atoms with van der Waals surface area (Å²) in [5.41, 5.74) is -0.632. The van der Waals surface area contributed by atoms with E-state index in [1.165, 1.54) is 18.2 Å². The fourth-order valence-corrected chi connectivity index (χ4v) is 6.22. The molecule has 5 rings (SSSR count). The van der Waals surface area contributed by atoms with Crippen LogP contribution in [0.3, 0.4) is 0 Å². The molecule has 1 N–H and O–H groups in total. The number of carbonyl (C=O) groups excluding carboxylic acids is 4. The third-order valence-corrected chi connectivity index (χ3v) is 7.67. The number of ketones is 2. The lowest BCUT2D eigenvalue weighted by Gasteiger charge is -2.41. The van der Waals surface area contributed by atoms with Gasteiger partial charge in [0.15, 0.2) is 11.3 Å². The van der Waals surface area contributed by atoms with Gasteiger partial charge in [0.1, 0.15) is 0 Å². The monoisotopic (exact) mass is 425 g/mol. The number of hydrogen-bond donors (Lipinski definition) is 1. The third-order valence-electron chi connectivity index (χ3n) is 6.41. The highest BCUT2D eigenvalue weighted by atomic mass is 32.2. The molecular weight excluding hydrogens is 402 g/mol. The van der Waals surface area contributed by atoms with Gasteiger partial charge in [0.25, 0.3) is 5.91 Å². The lowest BCUT2D eigenvalue weighted by molar-refractivity contribution is -0.147. The molecule has 1 unspecified atom stereocenters. The quantitative estimate of drug-likeness (QED) is 0.785. The number of piperidine rings is 1. The smallest absolute Gasteiger partial charge is 0.254 e. The third kappa shape index (κ3) is 2.93. The molecule has 3 aliphatic heterocycles. The van der Waals surface area contributed by atoms with Crippen LogP contribution in [0.25, 0.3) is 0 Å². The van der Waals surface area contributed by atoms with E-state index >= 15 is 0 Å². The molecule has 1 aromatic rings. The predicted octanol–water partition coefficient (Wildman–Crippen LogP) is 1.25. The molecule has 0 aromatic heterocycles. The van der Waals surface area contributed by atoms with Crippen LogP contribution >= 0.6 is 11.8 Å². The minimum Gasteiger partial charge on any atom is -0.336 e. The first-order chi connectivity index (χ1) is 14.5. The molecule has 1 aromatic carbocycles. The Hall–Kier alpha value is -2.45. The van der Waals surface area contributed by atoms with E-state index in [-0.39, 0.29) is 41.3 Å². The topological polar surface area (TPSA) is 86.8 Å². The van der Waals surface area contributed by atoms with Gasteiger partial charge < -0.3 is 15.1 Å².